The highest BCUT2D eigenvalue weighted by Gasteiger charge is 2.35. The fourth-order valence-corrected chi connectivity index (χ4v) is 3.98. The zero-order valence-corrected chi connectivity index (χ0v) is 16.3. The number of hydrogen-bond acceptors (Lipinski definition) is 4. The first-order valence-corrected chi connectivity index (χ1v) is 9.98. The highest BCUT2D eigenvalue weighted by atomic mass is 16.2. The maximum Gasteiger partial charge on any atom is 0.225 e. The van der Waals surface area contributed by atoms with Gasteiger partial charge in [-0.1, -0.05) is 18.2 Å². The number of rotatable bonds is 5. The second kappa shape index (κ2) is 7.67. The minimum Gasteiger partial charge on any atom is -0.339 e. The molecule has 2 aliphatic rings. The summed E-state index contributed by atoms with van der Waals surface area (Å²) in [4.78, 5) is 25.8. The van der Waals surface area contributed by atoms with Gasteiger partial charge >= 0.3 is 0 Å². The quantitative estimate of drug-likeness (QED) is 0.817. The van der Waals surface area contributed by atoms with E-state index in [1.54, 1.807) is 12.4 Å². The topological polar surface area (TPSA) is 49.3 Å². The molecule has 1 aliphatic heterocycles. The predicted octanol–water partition coefficient (Wildman–Crippen LogP) is 3.33. The van der Waals surface area contributed by atoms with Gasteiger partial charge in [0.1, 0.15) is 0 Å². The van der Waals surface area contributed by atoms with Crippen molar-refractivity contribution in [2.75, 3.05) is 31.1 Å². The van der Waals surface area contributed by atoms with Crippen LogP contribution in [0.2, 0.25) is 0 Å². The molecule has 0 N–H and O–H groups in total. The van der Waals surface area contributed by atoms with Crippen LogP contribution in [0.5, 0.6) is 0 Å². The first-order chi connectivity index (χ1) is 13.1. The third-order valence-electron chi connectivity index (χ3n) is 6.01. The molecule has 1 aliphatic carbocycles. The molecule has 0 bridgehead atoms. The van der Waals surface area contributed by atoms with Gasteiger partial charge in [-0.25, -0.2) is 9.97 Å². The second-order valence-corrected chi connectivity index (χ2v) is 7.91. The molecule has 142 valence electrons. The van der Waals surface area contributed by atoms with E-state index < -0.39 is 0 Å². The Hall–Kier alpha value is -2.43. The number of anilines is 1. The number of aryl methyl sites for hydroxylation is 2. The Bertz CT molecular complexity index is 795. The van der Waals surface area contributed by atoms with Gasteiger partial charge in [-0.2, -0.15) is 0 Å². The van der Waals surface area contributed by atoms with Crippen LogP contribution in [0.15, 0.2) is 36.7 Å². The molecule has 0 spiro atoms. The minimum absolute atomic E-state index is 0.291. The van der Waals surface area contributed by atoms with Gasteiger partial charge in [0.25, 0.3) is 0 Å². The second-order valence-electron chi connectivity index (χ2n) is 7.91. The molecule has 2 aromatic rings. The maximum atomic E-state index is 13.0. The number of benzene rings is 1. The third kappa shape index (κ3) is 4.12. The minimum atomic E-state index is 0.291. The van der Waals surface area contributed by atoms with Crippen molar-refractivity contribution in [3.63, 3.8) is 0 Å². The van der Waals surface area contributed by atoms with Crippen LogP contribution in [0.3, 0.4) is 0 Å². The summed E-state index contributed by atoms with van der Waals surface area (Å²) in [6.45, 7) is 7.41. The molecule has 1 unspecified atom stereocenters. The molecule has 1 aromatic heterocycles. The van der Waals surface area contributed by atoms with Crippen molar-refractivity contribution in [1.82, 2.24) is 14.9 Å². The fourth-order valence-electron chi connectivity index (χ4n) is 3.98. The van der Waals surface area contributed by atoms with Crippen molar-refractivity contribution in [3.05, 3.63) is 53.3 Å². The zero-order chi connectivity index (χ0) is 18.8. The van der Waals surface area contributed by atoms with Crippen LogP contribution in [0.4, 0.5) is 5.95 Å². The lowest BCUT2D eigenvalue weighted by Gasteiger charge is -2.35. The molecule has 4 rings (SSSR count). The summed E-state index contributed by atoms with van der Waals surface area (Å²) in [6.07, 6.45) is 6.68. The normalized spacial score (nSPS) is 18.4. The molecule has 1 saturated carbocycles. The SMILES string of the molecule is Cc1ccc(C(CC(=O)N2CCN(c3ncccn3)CC2)C2CC2)cc1C. The van der Waals surface area contributed by atoms with Gasteiger partial charge in [-0.05, 0) is 61.3 Å². The van der Waals surface area contributed by atoms with Crippen molar-refractivity contribution in [1.29, 1.82) is 0 Å². The lowest BCUT2D eigenvalue weighted by molar-refractivity contribution is -0.132. The largest absolute Gasteiger partial charge is 0.339 e. The van der Waals surface area contributed by atoms with E-state index in [1.165, 1.54) is 29.5 Å². The highest BCUT2D eigenvalue weighted by Crippen LogP contribution is 2.45. The van der Waals surface area contributed by atoms with Crippen LogP contribution in [0.1, 0.15) is 41.9 Å². The third-order valence-corrected chi connectivity index (χ3v) is 6.01. The number of carbonyl (C=O) groups excluding carboxylic acids is 1. The van der Waals surface area contributed by atoms with Gasteiger partial charge in [-0.15, -0.1) is 0 Å². The van der Waals surface area contributed by atoms with Crippen LogP contribution in [0, 0.1) is 19.8 Å². The van der Waals surface area contributed by atoms with E-state index in [0.29, 0.717) is 24.2 Å². The van der Waals surface area contributed by atoms with Gasteiger partial charge in [0.15, 0.2) is 0 Å². The standard InChI is InChI=1S/C22H28N4O/c1-16-4-5-19(14-17(16)2)20(18-6-7-18)15-21(27)25-10-12-26(13-11-25)22-23-8-3-9-24-22/h3-5,8-9,14,18,20H,6-7,10-13,15H2,1-2H3. The monoisotopic (exact) mass is 364 g/mol. The molecule has 5 heteroatoms. The molecule has 5 nitrogen and oxygen atoms in total. The first kappa shape index (κ1) is 18.0. The van der Waals surface area contributed by atoms with E-state index in [1.807, 2.05) is 11.0 Å². The van der Waals surface area contributed by atoms with Crippen LogP contribution in [-0.2, 0) is 4.79 Å². The number of hydrogen-bond donors (Lipinski definition) is 0. The Kier molecular flexibility index (Phi) is 5.10. The summed E-state index contributed by atoms with van der Waals surface area (Å²) in [7, 11) is 0. The first-order valence-electron chi connectivity index (χ1n) is 9.98. The van der Waals surface area contributed by atoms with E-state index in [0.717, 1.165) is 32.1 Å². The maximum absolute atomic E-state index is 13.0. The lowest BCUT2D eigenvalue weighted by atomic mass is 9.88. The summed E-state index contributed by atoms with van der Waals surface area (Å²) < 4.78 is 0. The number of amides is 1. The van der Waals surface area contributed by atoms with Gasteiger partial charge in [-0.3, -0.25) is 4.79 Å². The van der Waals surface area contributed by atoms with Crippen molar-refractivity contribution in [2.45, 2.75) is 39.0 Å². The Labute approximate surface area is 161 Å². The van der Waals surface area contributed by atoms with E-state index in [9.17, 15) is 4.79 Å². The van der Waals surface area contributed by atoms with Gasteiger partial charge in [0.2, 0.25) is 11.9 Å². The molecule has 2 heterocycles. The molecule has 1 aromatic carbocycles. The Balaban J connectivity index is 1.38. The number of carbonyl (C=O) groups is 1. The van der Waals surface area contributed by atoms with Crippen LogP contribution >= 0.6 is 0 Å². The molecular formula is C22H28N4O. The van der Waals surface area contributed by atoms with Crippen LogP contribution in [0.25, 0.3) is 0 Å². The Morgan fingerprint density at radius 2 is 1.78 bits per heavy atom. The summed E-state index contributed by atoms with van der Waals surface area (Å²) in [5.41, 5.74) is 3.98. The Morgan fingerprint density at radius 1 is 1.07 bits per heavy atom. The summed E-state index contributed by atoms with van der Waals surface area (Å²) >= 11 is 0. The zero-order valence-electron chi connectivity index (χ0n) is 16.3. The van der Waals surface area contributed by atoms with E-state index in [-0.39, 0.29) is 0 Å². The highest BCUT2D eigenvalue weighted by molar-refractivity contribution is 5.77. The van der Waals surface area contributed by atoms with Crippen molar-refractivity contribution in [3.8, 4) is 0 Å². The summed E-state index contributed by atoms with van der Waals surface area (Å²) in [5.74, 6) is 2.09. The molecular weight excluding hydrogens is 336 g/mol. The van der Waals surface area contributed by atoms with Crippen molar-refractivity contribution >= 4 is 11.9 Å². The summed E-state index contributed by atoms with van der Waals surface area (Å²) in [6, 6.07) is 8.54. The molecule has 1 saturated heterocycles. The van der Waals surface area contributed by atoms with Gasteiger partial charge in [0.05, 0.1) is 0 Å². The predicted molar refractivity (Wildman–Crippen MR) is 107 cm³/mol. The van der Waals surface area contributed by atoms with Crippen molar-refractivity contribution < 1.29 is 4.79 Å². The molecule has 27 heavy (non-hydrogen) atoms. The summed E-state index contributed by atoms with van der Waals surface area (Å²) in [5, 5.41) is 0. The number of aromatic nitrogens is 2. The van der Waals surface area contributed by atoms with E-state index in [4.69, 9.17) is 0 Å². The van der Waals surface area contributed by atoms with Crippen LogP contribution < -0.4 is 4.90 Å². The van der Waals surface area contributed by atoms with Crippen molar-refractivity contribution in [2.24, 2.45) is 5.92 Å². The molecule has 0 radical (unpaired) electrons. The lowest BCUT2D eigenvalue weighted by Crippen LogP contribution is -2.49. The van der Waals surface area contributed by atoms with Gasteiger partial charge < -0.3 is 9.80 Å². The van der Waals surface area contributed by atoms with Crippen LogP contribution in [-0.4, -0.2) is 47.0 Å². The molecule has 1 atom stereocenters. The Morgan fingerprint density at radius 3 is 2.41 bits per heavy atom. The van der Waals surface area contributed by atoms with E-state index in [2.05, 4.69) is 46.9 Å². The van der Waals surface area contributed by atoms with E-state index >= 15 is 0 Å². The number of nitrogens with zero attached hydrogens (tertiary/aromatic N) is 4. The average Bonchev–Trinajstić information content (AvgIpc) is 3.54. The molecule has 2 fully saturated rings. The van der Waals surface area contributed by atoms with Gasteiger partial charge in [0, 0.05) is 45.0 Å². The fraction of sp³-hybridized carbons (Fsp3) is 0.500. The average molecular weight is 364 g/mol. The molecule has 1 amide bonds. The smallest absolute Gasteiger partial charge is 0.225 e. The number of piperazine rings is 1.